The molecule has 0 aliphatic rings. The Balaban J connectivity index is 0.000000258. The first-order valence-electron chi connectivity index (χ1n) is 15.3. The molecule has 7 aromatic rings. The number of nitrogens with zero attached hydrogens (tertiary/aromatic N) is 2. The van der Waals surface area contributed by atoms with Gasteiger partial charge in [0.2, 0.25) is 0 Å². The van der Waals surface area contributed by atoms with E-state index >= 15 is 0 Å². The first-order valence-corrected chi connectivity index (χ1v) is 22.1. The minimum atomic E-state index is -2.16. The molecule has 0 fully saturated rings. The van der Waals surface area contributed by atoms with E-state index in [1.165, 1.54) is 36.7 Å². The zero-order valence-corrected chi connectivity index (χ0v) is 30.3. The van der Waals surface area contributed by atoms with Gasteiger partial charge in [-0.1, -0.05) is 12.1 Å². The van der Waals surface area contributed by atoms with E-state index in [1.54, 1.807) is 6.20 Å². The predicted octanol–water partition coefficient (Wildman–Crippen LogP) is 10.2. The largest absolute Gasteiger partial charge is 0.305 e. The predicted molar refractivity (Wildman–Crippen MR) is 187 cm³/mol. The van der Waals surface area contributed by atoms with E-state index in [4.69, 9.17) is 6.35 Å². The van der Waals surface area contributed by atoms with Gasteiger partial charge in [-0.2, -0.15) is 0 Å². The van der Waals surface area contributed by atoms with Crippen molar-refractivity contribution in [3.8, 4) is 22.5 Å². The van der Waals surface area contributed by atoms with Crippen molar-refractivity contribution in [2.45, 2.75) is 37.0 Å². The van der Waals surface area contributed by atoms with Gasteiger partial charge in [-0.25, -0.2) is 0 Å². The van der Waals surface area contributed by atoms with Crippen LogP contribution in [-0.4, -0.2) is 23.2 Å². The third-order valence-electron chi connectivity index (χ3n) is 7.85. The Labute approximate surface area is 278 Å². The maximum absolute atomic E-state index is 8.77. The molecule has 2 aromatic heterocycles. The molecule has 221 valence electrons. The van der Waals surface area contributed by atoms with E-state index in [9.17, 15) is 0 Å². The zero-order chi connectivity index (χ0) is 30.9. The summed E-state index contributed by atoms with van der Waals surface area (Å²) in [5.74, 6) is 6.44. The summed E-state index contributed by atoms with van der Waals surface area (Å²) in [6.45, 7) is 3.96. The smallest absolute Gasteiger partial charge is 0.0160 e. The van der Waals surface area contributed by atoms with Crippen LogP contribution in [0.3, 0.4) is 0 Å². The monoisotopic (exact) mass is 812 g/mol. The first kappa shape index (κ1) is 30.4. The molecule has 2 nitrogen and oxygen atoms in total. The summed E-state index contributed by atoms with van der Waals surface area (Å²) in [6.07, 6.45) is 3.83. The second kappa shape index (κ2) is 13.6. The number of fused-ring (bicyclic) bond motifs is 6. The van der Waals surface area contributed by atoms with Gasteiger partial charge >= 0.3 is 189 Å². The van der Waals surface area contributed by atoms with Crippen LogP contribution in [0.5, 0.6) is 0 Å². The molecule has 0 amide bonds. The van der Waals surface area contributed by atoms with Gasteiger partial charge < -0.3 is 4.98 Å². The molecular weight excluding hydrogens is 773 g/mol. The van der Waals surface area contributed by atoms with Gasteiger partial charge in [0.1, 0.15) is 0 Å². The van der Waals surface area contributed by atoms with E-state index in [2.05, 4.69) is 101 Å². The van der Waals surface area contributed by atoms with Crippen molar-refractivity contribution in [1.82, 2.24) is 9.97 Å². The van der Waals surface area contributed by atoms with Crippen molar-refractivity contribution in [1.29, 1.82) is 0 Å². The van der Waals surface area contributed by atoms with E-state index in [0.717, 1.165) is 28.1 Å². The first-order chi connectivity index (χ1) is 21.1. The van der Waals surface area contributed by atoms with Gasteiger partial charge in [0, 0.05) is 26.3 Å². The number of rotatable bonds is 4. The fourth-order valence-corrected chi connectivity index (χ4v) is 9.00. The van der Waals surface area contributed by atoms with Crippen LogP contribution < -0.4 is 4.40 Å². The van der Waals surface area contributed by atoms with Gasteiger partial charge in [-0.15, -0.1) is 35.9 Å². The number of hydrogen-bond acceptors (Lipinski definition) is 2. The Morgan fingerprint density at radius 3 is 1.82 bits per heavy atom. The minimum Gasteiger partial charge on any atom is -0.305 e. The molecular formula is C40H36GeIrN2-2. The Morgan fingerprint density at radius 2 is 1.25 bits per heavy atom. The molecule has 1 radical (unpaired) electrons. The third-order valence-corrected chi connectivity index (χ3v) is 12.1. The average molecular weight is 811 g/mol. The zero-order valence-electron chi connectivity index (χ0n) is 26.8. The molecule has 0 bridgehead atoms. The van der Waals surface area contributed by atoms with Crippen molar-refractivity contribution in [2.75, 3.05) is 0 Å². The molecule has 5 aromatic carbocycles. The Bertz CT molecular complexity index is 2010. The van der Waals surface area contributed by atoms with Crippen LogP contribution >= 0.6 is 0 Å². The molecule has 7 rings (SSSR count). The second-order valence-corrected chi connectivity index (χ2v) is 22.7. The van der Waals surface area contributed by atoms with Gasteiger partial charge in [0.05, 0.1) is 0 Å². The topological polar surface area (TPSA) is 25.8 Å². The minimum absolute atomic E-state index is 0. The molecule has 0 saturated heterocycles. The summed E-state index contributed by atoms with van der Waals surface area (Å²) in [5.41, 5.74) is 4.99. The van der Waals surface area contributed by atoms with Gasteiger partial charge in [-0.05, 0) is 11.8 Å². The van der Waals surface area contributed by atoms with Crippen LogP contribution in [0, 0.1) is 12.1 Å². The van der Waals surface area contributed by atoms with Crippen LogP contribution in [0.2, 0.25) is 17.3 Å². The molecule has 0 atom stereocenters. The fraction of sp³-hybridized carbons (Fsp3) is 0.150. The quantitative estimate of drug-likeness (QED) is 0.101. The van der Waals surface area contributed by atoms with Gasteiger partial charge in [0.15, 0.2) is 0 Å². The molecule has 0 unspecified atom stereocenters. The van der Waals surface area contributed by atoms with Crippen LogP contribution in [0.1, 0.15) is 26.7 Å². The number of pyridine rings is 2. The summed E-state index contributed by atoms with van der Waals surface area (Å²) < 4.78 is 10.1. The maximum Gasteiger partial charge on any atom is 0.0160 e. The van der Waals surface area contributed by atoms with Crippen molar-refractivity contribution in [3.63, 3.8) is 0 Å². The fourth-order valence-electron chi connectivity index (χ4n) is 5.68. The van der Waals surface area contributed by atoms with Crippen LogP contribution in [0.25, 0.3) is 54.8 Å². The summed E-state index contributed by atoms with van der Waals surface area (Å²) in [6, 6.07) is 44.0. The number of benzene rings is 5. The van der Waals surface area contributed by atoms with Crippen molar-refractivity contribution < 1.29 is 21.5 Å². The van der Waals surface area contributed by atoms with Gasteiger partial charge in [-0.3, -0.25) is 0 Å². The van der Waals surface area contributed by atoms with E-state index in [-0.39, 0.29) is 20.1 Å². The SMILES string of the molecule is [2H]C(C)(C)c1cc(-c2[c-]cc3c4ccccc4c4ccccc4c3c2)nc[c]1[Ge]([CH3])([CH3])[CH3].[Ir].[c-]1ccccc1-c1ccccn1. The van der Waals surface area contributed by atoms with Crippen molar-refractivity contribution in [3.05, 3.63) is 139 Å². The molecule has 2 heterocycles. The molecule has 0 saturated carbocycles. The summed E-state index contributed by atoms with van der Waals surface area (Å²) in [4.78, 5) is 9.09. The summed E-state index contributed by atoms with van der Waals surface area (Å²) in [7, 11) is 0. The normalized spacial score (nSPS) is 11.9. The molecule has 0 N–H and O–H groups in total. The molecule has 0 aliphatic carbocycles. The average Bonchev–Trinajstić information content (AvgIpc) is 3.05. The van der Waals surface area contributed by atoms with Crippen LogP contribution in [0.15, 0.2) is 122 Å². The summed E-state index contributed by atoms with van der Waals surface area (Å²) in [5, 5.41) is 7.48. The van der Waals surface area contributed by atoms with Crippen LogP contribution in [0.4, 0.5) is 0 Å². The summed E-state index contributed by atoms with van der Waals surface area (Å²) >= 11 is -2.16. The maximum atomic E-state index is 8.77. The van der Waals surface area contributed by atoms with Gasteiger partial charge in [0.25, 0.3) is 0 Å². The second-order valence-electron chi connectivity index (χ2n) is 12.1. The molecule has 44 heavy (non-hydrogen) atoms. The molecule has 4 heteroatoms. The Morgan fingerprint density at radius 1 is 0.636 bits per heavy atom. The Kier molecular flexibility index (Phi) is 9.37. The van der Waals surface area contributed by atoms with E-state index < -0.39 is 19.2 Å². The van der Waals surface area contributed by atoms with Crippen molar-refractivity contribution >= 4 is 50.0 Å². The molecule has 0 spiro atoms. The molecule has 0 aliphatic heterocycles. The Hall–Kier alpha value is -3.63. The van der Waals surface area contributed by atoms with E-state index in [0.29, 0.717) is 0 Å². The standard InChI is InChI=1S/C29H28GeN.C11H8N.Ir/c1-19(2)26-17-29(31-18-28(26)30(3,4)5)20-14-15-25-23-12-7-6-10-21(23)22-11-8-9-13-24(22)27(25)16-20;1-2-6-10(7-3-1)11-8-4-5-9-12-11;/h6-13,15-19H,1-5H3;1-6,8-9H;/q2*-1;/i19D;;. The van der Waals surface area contributed by atoms with E-state index in [1.807, 2.05) is 62.5 Å². The third kappa shape index (κ3) is 6.56. The number of aromatic nitrogens is 2. The number of hydrogen-bond donors (Lipinski definition) is 0. The van der Waals surface area contributed by atoms with Crippen LogP contribution in [-0.2, 0) is 20.1 Å². The van der Waals surface area contributed by atoms with Crippen molar-refractivity contribution in [2.24, 2.45) is 0 Å².